The number of hydrogen-bond donors (Lipinski definition) is 0. The quantitative estimate of drug-likeness (QED) is 0.838. The molecule has 2 aromatic heterocycles. The Morgan fingerprint density at radius 3 is 2.76 bits per heavy atom. The number of nitrogens with zero attached hydrogens (tertiary/aromatic N) is 3. The molecule has 0 saturated carbocycles. The summed E-state index contributed by atoms with van der Waals surface area (Å²) in [6, 6.07) is 1.47. The van der Waals surface area contributed by atoms with Gasteiger partial charge in [0.15, 0.2) is 0 Å². The fraction of sp³-hybridized carbons (Fsp3) is 0.417. The normalized spacial score (nSPS) is 20.2. The average Bonchev–Trinajstić information content (AvgIpc) is 3.08. The van der Waals surface area contributed by atoms with E-state index in [1.807, 2.05) is 17.8 Å². The van der Waals surface area contributed by atoms with Crippen LogP contribution in [0.25, 0.3) is 0 Å². The highest BCUT2D eigenvalue weighted by molar-refractivity contribution is 7.89. The molecule has 0 amide bonds. The Labute approximate surface area is 137 Å². The van der Waals surface area contributed by atoms with Crippen LogP contribution in [-0.2, 0) is 10.0 Å². The highest BCUT2D eigenvalue weighted by Crippen LogP contribution is 2.37. The third-order valence-electron chi connectivity index (χ3n) is 3.47. The fourth-order valence-electron chi connectivity index (χ4n) is 2.42. The van der Waals surface area contributed by atoms with E-state index in [1.165, 1.54) is 10.4 Å². The van der Waals surface area contributed by atoms with Crippen LogP contribution >= 0.6 is 34.5 Å². The minimum Gasteiger partial charge on any atom is -0.268 e. The van der Waals surface area contributed by atoms with E-state index in [-0.39, 0.29) is 15.3 Å². The lowest BCUT2D eigenvalue weighted by Gasteiger charge is -2.16. The molecule has 0 radical (unpaired) electrons. The lowest BCUT2D eigenvalue weighted by molar-refractivity contribution is 0.434. The van der Waals surface area contributed by atoms with Crippen molar-refractivity contribution in [3.63, 3.8) is 0 Å². The van der Waals surface area contributed by atoms with Gasteiger partial charge >= 0.3 is 0 Å². The van der Waals surface area contributed by atoms with Gasteiger partial charge in [0, 0.05) is 19.3 Å². The standard InChI is InChI=1S/C12H13Cl2N3O2S2/c1-8-5-15-17(6-8)9-2-3-16(7-9)21(18,19)10-4-11(13)20-12(10)14/h4-6,9H,2-3,7H2,1H3/t9-/m0/s1. The number of rotatable bonds is 3. The van der Waals surface area contributed by atoms with E-state index >= 15 is 0 Å². The molecule has 21 heavy (non-hydrogen) atoms. The Hall–Kier alpha value is -0.600. The summed E-state index contributed by atoms with van der Waals surface area (Å²) in [6.07, 6.45) is 4.43. The van der Waals surface area contributed by atoms with Crippen LogP contribution in [0.2, 0.25) is 8.67 Å². The maximum absolute atomic E-state index is 12.6. The molecule has 0 N–H and O–H groups in total. The van der Waals surface area contributed by atoms with Gasteiger partial charge in [0.25, 0.3) is 0 Å². The smallest absolute Gasteiger partial charge is 0.245 e. The molecular weight excluding hydrogens is 353 g/mol. The Balaban J connectivity index is 1.84. The van der Waals surface area contributed by atoms with E-state index in [0.717, 1.165) is 23.3 Å². The Bertz CT molecular complexity index is 769. The van der Waals surface area contributed by atoms with Gasteiger partial charge in [0.1, 0.15) is 9.23 Å². The molecular formula is C12H13Cl2N3O2S2. The van der Waals surface area contributed by atoms with Crippen molar-refractivity contribution in [1.29, 1.82) is 0 Å². The van der Waals surface area contributed by atoms with Crippen molar-refractivity contribution in [2.75, 3.05) is 13.1 Å². The summed E-state index contributed by atoms with van der Waals surface area (Å²) < 4.78 is 29.1. The van der Waals surface area contributed by atoms with Gasteiger partial charge in [-0.2, -0.15) is 9.40 Å². The van der Waals surface area contributed by atoms with Crippen molar-refractivity contribution in [3.8, 4) is 0 Å². The lowest BCUT2D eigenvalue weighted by Crippen LogP contribution is -2.29. The number of hydrogen-bond acceptors (Lipinski definition) is 4. The van der Waals surface area contributed by atoms with Crippen LogP contribution in [0.3, 0.4) is 0 Å². The van der Waals surface area contributed by atoms with Gasteiger partial charge in [-0.1, -0.05) is 23.2 Å². The van der Waals surface area contributed by atoms with Gasteiger partial charge in [-0.3, -0.25) is 4.68 Å². The Morgan fingerprint density at radius 2 is 2.19 bits per heavy atom. The molecule has 114 valence electrons. The van der Waals surface area contributed by atoms with Crippen molar-refractivity contribution in [1.82, 2.24) is 14.1 Å². The van der Waals surface area contributed by atoms with Crippen LogP contribution < -0.4 is 0 Å². The van der Waals surface area contributed by atoms with Gasteiger partial charge in [-0.15, -0.1) is 11.3 Å². The summed E-state index contributed by atoms with van der Waals surface area (Å²) >= 11 is 12.9. The van der Waals surface area contributed by atoms with E-state index in [1.54, 1.807) is 6.20 Å². The van der Waals surface area contributed by atoms with Gasteiger partial charge in [0.2, 0.25) is 10.0 Å². The molecule has 0 aromatic carbocycles. The second kappa shape index (κ2) is 5.55. The van der Waals surface area contributed by atoms with E-state index in [2.05, 4.69) is 5.10 Å². The lowest BCUT2D eigenvalue weighted by atomic mass is 10.3. The monoisotopic (exact) mass is 365 g/mol. The first-order valence-electron chi connectivity index (χ1n) is 6.33. The zero-order valence-corrected chi connectivity index (χ0v) is 14.3. The zero-order chi connectivity index (χ0) is 15.2. The van der Waals surface area contributed by atoms with Crippen molar-refractivity contribution < 1.29 is 8.42 Å². The summed E-state index contributed by atoms with van der Waals surface area (Å²) in [7, 11) is -3.60. The van der Waals surface area contributed by atoms with E-state index in [9.17, 15) is 8.42 Å². The van der Waals surface area contributed by atoms with E-state index in [0.29, 0.717) is 17.4 Å². The minimum absolute atomic E-state index is 0.0568. The third kappa shape index (κ3) is 2.85. The predicted octanol–water partition coefficient (Wildman–Crippen LogP) is 3.20. The summed E-state index contributed by atoms with van der Waals surface area (Å²) in [6.45, 7) is 2.81. The topological polar surface area (TPSA) is 55.2 Å². The third-order valence-corrected chi connectivity index (χ3v) is 7.09. The Kier molecular flexibility index (Phi) is 4.04. The second-order valence-electron chi connectivity index (χ2n) is 4.99. The molecule has 1 aliphatic rings. The van der Waals surface area contributed by atoms with Crippen molar-refractivity contribution in [3.05, 3.63) is 32.7 Å². The van der Waals surface area contributed by atoms with Crippen LogP contribution in [0.15, 0.2) is 23.4 Å². The van der Waals surface area contributed by atoms with Crippen molar-refractivity contribution in [2.24, 2.45) is 0 Å². The first-order valence-corrected chi connectivity index (χ1v) is 9.35. The molecule has 0 bridgehead atoms. The molecule has 0 aliphatic carbocycles. The molecule has 0 spiro atoms. The maximum atomic E-state index is 12.6. The van der Waals surface area contributed by atoms with Crippen LogP contribution in [0.1, 0.15) is 18.0 Å². The second-order valence-corrected chi connectivity index (χ2v) is 9.18. The highest BCUT2D eigenvalue weighted by atomic mass is 35.5. The van der Waals surface area contributed by atoms with Gasteiger partial charge in [-0.25, -0.2) is 8.42 Å². The summed E-state index contributed by atoms with van der Waals surface area (Å²) in [4.78, 5) is 0.0939. The molecule has 2 aromatic rings. The first-order chi connectivity index (χ1) is 9.88. The number of aromatic nitrogens is 2. The SMILES string of the molecule is Cc1cnn([C@H]2CCN(S(=O)(=O)c3cc(Cl)sc3Cl)C2)c1. The summed E-state index contributed by atoms with van der Waals surface area (Å²) in [5.74, 6) is 0. The molecule has 0 unspecified atom stereocenters. The molecule has 1 aliphatic heterocycles. The highest BCUT2D eigenvalue weighted by Gasteiger charge is 2.35. The van der Waals surface area contributed by atoms with Gasteiger partial charge in [-0.05, 0) is 25.0 Å². The summed E-state index contributed by atoms with van der Waals surface area (Å²) in [5.41, 5.74) is 1.06. The largest absolute Gasteiger partial charge is 0.268 e. The molecule has 1 fully saturated rings. The van der Waals surface area contributed by atoms with E-state index in [4.69, 9.17) is 23.2 Å². The summed E-state index contributed by atoms with van der Waals surface area (Å²) in [5, 5.41) is 4.26. The molecule has 3 heterocycles. The minimum atomic E-state index is -3.60. The van der Waals surface area contributed by atoms with Crippen molar-refractivity contribution >= 4 is 44.6 Å². The fourth-order valence-corrected chi connectivity index (χ4v) is 6.02. The molecule has 5 nitrogen and oxygen atoms in total. The van der Waals surface area contributed by atoms with Crippen molar-refractivity contribution in [2.45, 2.75) is 24.3 Å². The van der Waals surface area contributed by atoms with Crippen LogP contribution in [0, 0.1) is 6.92 Å². The average molecular weight is 366 g/mol. The molecule has 1 atom stereocenters. The van der Waals surface area contributed by atoms with Crippen LogP contribution in [-0.4, -0.2) is 35.6 Å². The number of aryl methyl sites for hydroxylation is 1. The Morgan fingerprint density at radius 1 is 1.43 bits per heavy atom. The van der Waals surface area contributed by atoms with Gasteiger partial charge in [0.05, 0.1) is 16.6 Å². The van der Waals surface area contributed by atoms with Crippen LogP contribution in [0.5, 0.6) is 0 Å². The molecule has 9 heteroatoms. The van der Waals surface area contributed by atoms with E-state index < -0.39 is 10.0 Å². The zero-order valence-electron chi connectivity index (χ0n) is 11.2. The molecule has 3 rings (SSSR count). The number of halogens is 2. The number of thiophene rings is 1. The molecule has 1 saturated heterocycles. The predicted molar refractivity (Wildman–Crippen MR) is 83.7 cm³/mol. The van der Waals surface area contributed by atoms with Crippen LogP contribution in [0.4, 0.5) is 0 Å². The number of sulfonamides is 1. The van der Waals surface area contributed by atoms with Gasteiger partial charge < -0.3 is 0 Å². The first kappa shape index (κ1) is 15.3. The maximum Gasteiger partial charge on any atom is 0.245 e.